The molecule has 1 rings (SSSR count). The third-order valence-electron chi connectivity index (χ3n) is 2.17. The Balaban J connectivity index is 2.43. The van der Waals surface area contributed by atoms with Crippen molar-refractivity contribution < 1.29 is 4.79 Å². The van der Waals surface area contributed by atoms with Crippen molar-refractivity contribution in [2.24, 2.45) is 0 Å². The van der Waals surface area contributed by atoms with Gasteiger partial charge in [-0.3, -0.25) is 0 Å². The van der Waals surface area contributed by atoms with Gasteiger partial charge in [0.25, 0.3) is 0 Å². The fourth-order valence-corrected chi connectivity index (χ4v) is 1.29. The number of benzene rings is 1. The molecule has 86 valence electrons. The topological polar surface area (TPSA) is 32.3 Å². The van der Waals surface area contributed by atoms with Crippen LogP contribution < -0.4 is 5.32 Å². The normalized spacial score (nSPS) is 10.4. The van der Waals surface area contributed by atoms with Gasteiger partial charge in [0.1, 0.15) is 0 Å². The Morgan fingerprint density at radius 1 is 1.38 bits per heavy atom. The van der Waals surface area contributed by atoms with Gasteiger partial charge in [-0.1, -0.05) is 43.3 Å². The molecule has 0 aliphatic rings. The van der Waals surface area contributed by atoms with Crippen LogP contribution in [0.4, 0.5) is 4.79 Å². The van der Waals surface area contributed by atoms with E-state index < -0.39 is 0 Å². The quantitative estimate of drug-likeness (QED) is 0.828. The minimum atomic E-state index is -0.0893. The number of rotatable bonds is 4. The summed E-state index contributed by atoms with van der Waals surface area (Å²) in [7, 11) is 1.78. The van der Waals surface area contributed by atoms with Gasteiger partial charge in [-0.25, -0.2) is 4.79 Å². The van der Waals surface area contributed by atoms with Crippen molar-refractivity contribution in [3.05, 3.63) is 48.2 Å². The number of urea groups is 1. The van der Waals surface area contributed by atoms with Crippen molar-refractivity contribution >= 4 is 6.03 Å². The van der Waals surface area contributed by atoms with E-state index in [9.17, 15) is 4.79 Å². The molecule has 0 unspecified atom stereocenters. The SMILES string of the molecule is CC/C=C/NC(=O)N(C)Cc1ccccc1. The summed E-state index contributed by atoms with van der Waals surface area (Å²) in [4.78, 5) is 13.2. The van der Waals surface area contributed by atoms with Crippen LogP contribution in [-0.4, -0.2) is 18.0 Å². The van der Waals surface area contributed by atoms with Gasteiger partial charge >= 0.3 is 6.03 Å². The number of amides is 2. The van der Waals surface area contributed by atoms with E-state index in [0.717, 1.165) is 12.0 Å². The van der Waals surface area contributed by atoms with E-state index in [0.29, 0.717) is 6.54 Å². The maximum absolute atomic E-state index is 11.6. The highest BCUT2D eigenvalue weighted by molar-refractivity contribution is 5.74. The van der Waals surface area contributed by atoms with Crippen LogP contribution in [0.15, 0.2) is 42.6 Å². The van der Waals surface area contributed by atoms with E-state index in [1.807, 2.05) is 43.3 Å². The number of nitrogens with one attached hydrogen (secondary N) is 1. The Kier molecular flexibility index (Phi) is 5.12. The number of nitrogens with zero attached hydrogens (tertiary/aromatic N) is 1. The molecular weight excluding hydrogens is 200 g/mol. The molecule has 1 aromatic carbocycles. The summed E-state index contributed by atoms with van der Waals surface area (Å²) in [5, 5.41) is 2.71. The van der Waals surface area contributed by atoms with Crippen LogP contribution in [0.3, 0.4) is 0 Å². The van der Waals surface area contributed by atoms with Crippen LogP contribution in [0, 0.1) is 0 Å². The maximum atomic E-state index is 11.6. The van der Waals surface area contributed by atoms with Crippen LogP contribution in [0.1, 0.15) is 18.9 Å². The fraction of sp³-hybridized carbons (Fsp3) is 0.308. The first-order valence-corrected chi connectivity index (χ1v) is 5.44. The van der Waals surface area contributed by atoms with Crippen LogP contribution in [0.5, 0.6) is 0 Å². The molecule has 0 heterocycles. The summed E-state index contributed by atoms with van der Waals surface area (Å²) in [5.74, 6) is 0. The molecule has 1 N–H and O–H groups in total. The number of carbonyl (C=O) groups excluding carboxylic acids is 1. The van der Waals surface area contributed by atoms with Crippen molar-refractivity contribution in [2.75, 3.05) is 7.05 Å². The van der Waals surface area contributed by atoms with Crippen LogP contribution in [0.25, 0.3) is 0 Å². The van der Waals surface area contributed by atoms with E-state index in [2.05, 4.69) is 5.32 Å². The Hall–Kier alpha value is -1.77. The lowest BCUT2D eigenvalue weighted by Crippen LogP contribution is -2.33. The van der Waals surface area contributed by atoms with E-state index in [4.69, 9.17) is 0 Å². The minimum Gasteiger partial charge on any atom is -0.323 e. The molecule has 0 fully saturated rings. The smallest absolute Gasteiger partial charge is 0.321 e. The molecule has 0 aliphatic carbocycles. The highest BCUT2D eigenvalue weighted by Gasteiger charge is 2.06. The van der Waals surface area contributed by atoms with Crippen molar-refractivity contribution in [3.63, 3.8) is 0 Å². The first kappa shape index (κ1) is 12.3. The predicted molar refractivity (Wildman–Crippen MR) is 65.9 cm³/mol. The second-order valence-electron chi connectivity index (χ2n) is 3.60. The summed E-state index contributed by atoms with van der Waals surface area (Å²) < 4.78 is 0. The van der Waals surface area contributed by atoms with Crippen molar-refractivity contribution in [1.82, 2.24) is 10.2 Å². The Morgan fingerprint density at radius 2 is 2.06 bits per heavy atom. The zero-order chi connectivity index (χ0) is 11.8. The standard InChI is InChI=1S/C13H18N2O/c1-3-4-10-14-13(16)15(2)11-12-8-6-5-7-9-12/h4-10H,3,11H2,1-2H3,(H,14,16)/b10-4+. The maximum Gasteiger partial charge on any atom is 0.321 e. The van der Waals surface area contributed by atoms with Gasteiger partial charge in [-0.15, -0.1) is 0 Å². The van der Waals surface area contributed by atoms with Crippen molar-refractivity contribution in [3.8, 4) is 0 Å². The number of allylic oxidation sites excluding steroid dienone is 1. The highest BCUT2D eigenvalue weighted by Crippen LogP contribution is 2.02. The zero-order valence-corrected chi connectivity index (χ0v) is 9.81. The van der Waals surface area contributed by atoms with Crippen LogP contribution >= 0.6 is 0 Å². The van der Waals surface area contributed by atoms with E-state index in [-0.39, 0.29) is 6.03 Å². The first-order chi connectivity index (χ1) is 7.74. The number of hydrogen-bond donors (Lipinski definition) is 1. The van der Waals surface area contributed by atoms with Gasteiger partial charge in [0, 0.05) is 19.8 Å². The van der Waals surface area contributed by atoms with Gasteiger partial charge in [0.2, 0.25) is 0 Å². The first-order valence-electron chi connectivity index (χ1n) is 5.44. The van der Waals surface area contributed by atoms with E-state index >= 15 is 0 Å². The van der Waals surface area contributed by atoms with Gasteiger partial charge in [-0.2, -0.15) is 0 Å². The molecule has 0 saturated carbocycles. The molecule has 0 radical (unpaired) electrons. The molecule has 0 spiro atoms. The fourth-order valence-electron chi connectivity index (χ4n) is 1.29. The predicted octanol–water partition coefficient (Wildman–Crippen LogP) is 2.75. The molecule has 16 heavy (non-hydrogen) atoms. The molecule has 0 bridgehead atoms. The lowest BCUT2D eigenvalue weighted by atomic mass is 10.2. The molecule has 0 aliphatic heterocycles. The molecule has 0 aromatic heterocycles. The van der Waals surface area contributed by atoms with Gasteiger partial charge in [0.05, 0.1) is 0 Å². The minimum absolute atomic E-state index is 0.0893. The average Bonchev–Trinajstić information content (AvgIpc) is 2.30. The molecule has 0 atom stereocenters. The second kappa shape index (κ2) is 6.67. The molecule has 0 saturated heterocycles. The lowest BCUT2D eigenvalue weighted by molar-refractivity contribution is 0.210. The highest BCUT2D eigenvalue weighted by atomic mass is 16.2. The van der Waals surface area contributed by atoms with Crippen molar-refractivity contribution in [1.29, 1.82) is 0 Å². The van der Waals surface area contributed by atoms with Gasteiger partial charge in [0.15, 0.2) is 0 Å². The van der Waals surface area contributed by atoms with Crippen LogP contribution in [-0.2, 0) is 6.54 Å². The summed E-state index contributed by atoms with van der Waals surface area (Å²) >= 11 is 0. The number of hydrogen-bond acceptors (Lipinski definition) is 1. The third-order valence-corrected chi connectivity index (χ3v) is 2.17. The Bertz CT molecular complexity index is 346. The molecule has 2 amide bonds. The molecular formula is C13H18N2O. The average molecular weight is 218 g/mol. The second-order valence-corrected chi connectivity index (χ2v) is 3.60. The summed E-state index contributed by atoms with van der Waals surface area (Å²) in [6.07, 6.45) is 4.51. The van der Waals surface area contributed by atoms with Crippen LogP contribution in [0.2, 0.25) is 0 Å². The Labute approximate surface area is 96.8 Å². The summed E-state index contributed by atoms with van der Waals surface area (Å²) in [6, 6.07) is 9.83. The zero-order valence-electron chi connectivity index (χ0n) is 9.81. The van der Waals surface area contributed by atoms with Gasteiger partial charge < -0.3 is 10.2 Å². The van der Waals surface area contributed by atoms with Crippen molar-refractivity contribution in [2.45, 2.75) is 19.9 Å². The lowest BCUT2D eigenvalue weighted by Gasteiger charge is -2.16. The largest absolute Gasteiger partial charge is 0.323 e. The van der Waals surface area contributed by atoms with E-state index in [1.165, 1.54) is 0 Å². The van der Waals surface area contributed by atoms with E-state index in [1.54, 1.807) is 18.1 Å². The molecule has 3 nitrogen and oxygen atoms in total. The Morgan fingerprint density at radius 3 is 2.69 bits per heavy atom. The van der Waals surface area contributed by atoms with Gasteiger partial charge in [-0.05, 0) is 12.0 Å². The molecule has 3 heteroatoms. The number of carbonyl (C=O) groups is 1. The third kappa shape index (κ3) is 4.17. The summed E-state index contributed by atoms with van der Waals surface area (Å²) in [5.41, 5.74) is 1.12. The monoisotopic (exact) mass is 218 g/mol. The summed E-state index contributed by atoms with van der Waals surface area (Å²) in [6.45, 7) is 2.64. The molecule has 1 aromatic rings.